The lowest BCUT2D eigenvalue weighted by Crippen LogP contribution is -1.99. The number of nitrogens with zero attached hydrogens (tertiary/aromatic N) is 2. The van der Waals surface area contributed by atoms with Crippen molar-refractivity contribution in [2.75, 3.05) is 6.61 Å². The van der Waals surface area contributed by atoms with Gasteiger partial charge in [0.15, 0.2) is 23.2 Å². The summed E-state index contributed by atoms with van der Waals surface area (Å²) in [6.07, 6.45) is 16.5. The van der Waals surface area contributed by atoms with E-state index in [-0.39, 0.29) is 0 Å². The van der Waals surface area contributed by atoms with E-state index < -0.39 is 11.6 Å². The van der Waals surface area contributed by atoms with Gasteiger partial charge in [-0.25, -0.2) is 18.7 Å². The van der Waals surface area contributed by atoms with Crippen molar-refractivity contribution in [2.45, 2.75) is 64.2 Å². The van der Waals surface area contributed by atoms with Crippen LogP contribution in [0, 0.1) is 17.6 Å². The Kier molecular flexibility index (Phi) is 7.55. The average Bonchev–Trinajstić information content (AvgIpc) is 3.20. The molecule has 27 heavy (non-hydrogen) atoms. The zero-order chi connectivity index (χ0) is 18.9. The number of hydrogen-bond acceptors (Lipinski definition) is 3. The molecule has 146 valence electrons. The van der Waals surface area contributed by atoms with Gasteiger partial charge in [-0.1, -0.05) is 57.8 Å². The van der Waals surface area contributed by atoms with Gasteiger partial charge in [0.2, 0.25) is 0 Å². The Balaban J connectivity index is 1.30. The molecule has 3 rings (SSSR count). The highest BCUT2D eigenvalue weighted by molar-refractivity contribution is 5.54. The van der Waals surface area contributed by atoms with Crippen LogP contribution in [-0.2, 0) is 0 Å². The lowest BCUT2D eigenvalue weighted by molar-refractivity contribution is 0.301. The summed E-state index contributed by atoms with van der Waals surface area (Å²) in [6, 6.07) is 3.63. The first-order valence-corrected chi connectivity index (χ1v) is 10.1. The lowest BCUT2D eigenvalue weighted by atomic mass is 9.99. The number of ether oxygens (including phenoxy) is 1. The van der Waals surface area contributed by atoms with Crippen molar-refractivity contribution in [3.8, 4) is 17.1 Å². The van der Waals surface area contributed by atoms with Crippen molar-refractivity contribution in [1.29, 1.82) is 0 Å². The quantitative estimate of drug-likeness (QED) is 0.456. The van der Waals surface area contributed by atoms with Crippen LogP contribution in [0.4, 0.5) is 8.78 Å². The van der Waals surface area contributed by atoms with Crippen LogP contribution in [0.15, 0.2) is 30.6 Å². The Morgan fingerprint density at radius 2 is 1.59 bits per heavy atom. The summed E-state index contributed by atoms with van der Waals surface area (Å²) in [4.78, 5) is 8.34. The van der Waals surface area contributed by atoms with Gasteiger partial charge in [-0.05, 0) is 30.5 Å². The smallest absolute Gasteiger partial charge is 0.159 e. The fraction of sp³-hybridized carbons (Fsp3) is 0.545. The van der Waals surface area contributed by atoms with Gasteiger partial charge in [0, 0.05) is 5.56 Å². The number of rotatable bonds is 10. The summed E-state index contributed by atoms with van der Waals surface area (Å²) >= 11 is 0. The maximum Gasteiger partial charge on any atom is 0.159 e. The Hall–Kier alpha value is -2.04. The second-order valence-electron chi connectivity index (χ2n) is 7.43. The summed E-state index contributed by atoms with van der Waals surface area (Å²) in [5.74, 6) is 0.172. The second-order valence-corrected chi connectivity index (χ2v) is 7.43. The molecule has 2 aromatic rings. The van der Waals surface area contributed by atoms with E-state index in [1.807, 2.05) is 0 Å². The highest BCUT2D eigenvalue weighted by Crippen LogP contribution is 2.29. The topological polar surface area (TPSA) is 35.0 Å². The van der Waals surface area contributed by atoms with Crippen LogP contribution in [0.1, 0.15) is 64.2 Å². The Labute approximate surface area is 160 Å². The van der Waals surface area contributed by atoms with Crippen molar-refractivity contribution < 1.29 is 13.5 Å². The highest BCUT2D eigenvalue weighted by Gasteiger charge is 2.13. The van der Waals surface area contributed by atoms with Crippen molar-refractivity contribution in [1.82, 2.24) is 9.97 Å². The Morgan fingerprint density at radius 3 is 2.33 bits per heavy atom. The molecule has 0 radical (unpaired) electrons. The molecule has 1 heterocycles. The van der Waals surface area contributed by atoms with E-state index in [0.717, 1.165) is 24.5 Å². The van der Waals surface area contributed by atoms with Crippen LogP contribution in [0.5, 0.6) is 5.75 Å². The van der Waals surface area contributed by atoms with E-state index in [4.69, 9.17) is 4.74 Å². The van der Waals surface area contributed by atoms with E-state index in [1.165, 1.54) is 63.9 Å². The molecule has 1 fully saturated rings. The van der Waals surface area contributed by atoms with Crippen LogP contribution in [-0.4, -0.2) is 16.6 Å². The van der Waals surface area contributed by atoms with E-state index >= 15 is 0 Å². The molecule has 0 aliphatic heterocycles. The molecule has 0 unspecified atom stereocenters. The molecular formula is C22H28F2N2O. The van der Waals surface area contributed by atoms with Gasteiger partial charge in [0.25, 0.3) is 0 Å². The minimum absolute atomic E-state index is 0.350. The standard InChI is InChI=1S/C22H28F2N2O/c23-20-12-11-18(14-21(20)24)22-25-15-19(16-26-22)27-13-7-3-1-2-4-8-17-9-5-6-10-17/h11-12,14-17H,1-10,13H2. The normalized spacial score (nSPS) is 14.6. The summed E-state index contributed by atoms with van der Waals surface area (Å²) in [5, 5.41) is 0. The van der Waals surface area contributed by atoms with Crippen LogP contribution in [0.3, 0.4) is 0 Å². The fourth-order valence-electron chi connectivity index (χ4n) is 3.73. The lowest BCUT2D eigenvalue weighted by Gasteiger charge is -2.08. The van der Waals surface area contributed by atoms with Crippen molar-refractivity contribution >= 4 is 0 Å². The zero-order valence-corrected chi connectivity index (χ0v) is 15.8. The summed E-state index contributed by atoms with van der Waals surface area (Å²) in [6.45, 7) is 0.649. The van der Waals surface area contributed by atoms with E-state index in [0.29, 0.717) is 23.7 Å². The van der Waals surface area contributed by atoms with Crippen molar-refractivity contribution in [3.05, 3.63) is 42.2 Å². The van der Waals surface area contributed by atoms with Gasteiger partial charge in [0.1, 0.15) is 0 Å². The molecule has 3 nitrogen and oxygen atoms in total. The summed E-state index contributed by atoms with van der Waals surface area (Å²) < 4.78 is 31.9. The Bertz CT molecular complexity index is 700. The number of unbranched alkanes of at least 4 members (excludes halogenated alkanes) is 4. The average molecular weight is 374 g/mol. The van der Waals surface area contributed by atoms with Crippen LogP contribution in [0.25, 0.3) is 11.4 Å². The summed E-state index contributed by atoms with van der Waals surface area (Å²) in [7, 11) is 0. The van der Waals surface area contributed by atoms with E-state index in [9.17, 15) is 8.78 Å². The van der Waals surface area contributed by atoms with Crippen LogP contribution >= 0.6 is 0 Å². The van der Waals surface area contributed by atoms with Gasteiger partial charge in [0.05, 0.1) is 19.0 Å². The largest absolute Gasteiger partial charge is 0.490 e. The molecule has 0 atom stereocenters. The van der Waals surface area contributed by atoms with E-state index in [1.54, 1.807) is 12.4 Å². The Morgan fingerprint density at radius 1 is 0.889 bits per heavy atom. The van der Waals surface area contributed by atoms with Gasteiger partial charge < -0.3 is 4.74 Å². The van der Waals surface area contributed by atoms with Crippen molar-refractivity contribution in [3.63, 3.8) is 0 Å². The third-order valence-electron chi connectivity index (χ3n) is 5.31. The first-order valence-electron chi connectivity index (χ1n) is 10.1. The highest BCUT2D eigenvalue weighted by atomic mass is 19.2. The first-order chi connectivity index (χ1) is 13.2. The van der Waals surface area contributed by atoms with E-state index in [2.05, 4.69) is 9.97 Å². The predicted octanol–water partition coefficient (Wildman–Crippen LogP) is 6.33. The maximum absolute atomic E-state index is 13.3. The number of hydrogen-bond donors (Lipinski definition) is 0. The molecule has 1 saturated carbocycles. The molecule has 1 aromatic heterocycles. The molecule has 0 spiro atoms. The molecular weight excluding hydrogens is 346 g/mol. The SMILES string of the molecule is Fc1ccc(-c2ncc(OCCCCCCCC3CCCC3)cn2)cc1F. The molecule has 1 aliphatic rings. The molecule has 1 aromatic carbocycles. The summed E-state index contributed by atoms with van der Waals surface area (Å²) in [5.41, 5.74) is 0.443. The molecule has 0 amide bonds. The third kappa shape index (κ3) is 6.26. The number of halogens is 2. The minimum atomic E-state index is -0.903. The maximum atomic E-state index is 13.3. The van der Waals surface area contributed by atoms with Gasteiger partial charge in [-0.2, -0.15) is 0 Å². The fourth-order valence-corrected chi connectivity index (χ4v) is 3.73. The molecule has 0 saturated heterocycles. The third-order valence-corrected chi connectivity index (χ3v) is 5.31. The first kappa shape index (κ1) is 19.7. The second kappa shape index (κ2) is 10.3. The number of benzene rings is 1. The van der Waals surface area contributed by atoms with Crippen LogP contribution < -0.4 is 4.74 Å². The molecule has 0 N–H and O–H groups in total. The van der Waals surface area contributed by atoms with Gasteiger partial charge in [-0.15, -0.1) is 0 Å². The monoisotopic (exact) mass is 374 g/mol. The van der Waals surface area contributed by atoms with Gasteiger partial charge >= 0.3 is 0 Å². The zero-order valence-electron chi connectivity index (χ0n) is 15.8. The molecule has 0 bridgehead atoms. The minimum Gasteiger partial charge on any atom is -0.490 e. The van der Waals surface area contributed by atoms with Crippen LogP contribution in [0.2, 0.25) is 0 Å². The number of aromatic nitrogens is 2. The molecule has 5 heteroatoms. The van der Waals surface area contributed by atoms with Crippen molar-refractivity contribution in [2.24, 2.45) is 5.92 Å². The molecule has 1 aliphatic carbocycles. The van der Waals surface area contributed by atoms with Gasteiger partial charge in [-0.3, -0.25) is 0 Å². The predicted molar refractivity (Wildman–Crippen MR) is 103 cm³/mol.